The molecule has 14 heavy (non-hydrogen) atoms. The summed E-state index contributed by atoms with van der Waals surface area (Å²) in [5.74, 6) is 1.63. The summed E-state index contributed by atoms with van der Waals surface area (Å²) in [5.41, 5.74) is 0. The van der Waals surface area contributed by atoms with Crippen LogP contribution >= 0.6 is 0 Å². The highest BCUT2D eigenvalue weighted by Gasteiger charge is 2.29. The monoisotopic (exact) mass is 195 g/mol. The third-order valence-electron chi connectivity index (χ3n) is 2.16. The van der Waals surface area contributed by atoms with Crippen LogP contribution in [0, 0.1) is 12.8 Å². The van der Waals surface area contributed by atoms with Gasteiger partial charge in [0.1, 0.15) is 0 Å². The van der Waals surface area contributed by atoms with Gasteiger partial charge in [-0.2, -0.15) is 4.98 Å². The third-order valence-corrected chi connectivity index (χ3v) is 2.16. The molecule has 1 heterocycles. The van der Waals surface area contributed by atoms with Gasteiger partial charge in [0, 0.05) is 18.9 Å². The zero-order valence-corrected chi connectivity index (χ0v) is 8.12. The van der Waals surface area contributed by atoms with E-state index in [0.717, 1.165) is 12.8 Å². The normalized spacial score (nSPS) is 15.5. The minimum absolute atomic E-state index is 0.154. The highest BCUT2D eigenvalue weighted by molar-refractivity contribution is 5.80. The Morgan fingerprint density at radius 2 is 2.43 bits per heavy atom. The number of carbonyl (C=O) groups excluding carboxylic acids is 1. The molecule has 5 nitrogen and oxygen atoms in total. The molecular formula is C9H13N3O2. The van der Waals surface area contributed by atoms with E-state index in [4.69, 9.17) is 4.52 Å². The molecule has 76 valence electrons. The van der Waals surface area contributed by atoms with E-state index in [-0.39, 0.29) is 11.8 Å². The Hall–Kier alpha value is -1.39. The zero-order chi connectivity index (χ0) is 9.97. The highest BCUT2D eigenvalue weighted by Crippen LogP contribution is 2.28. The van der Waals surface area contributed by atoms with Crippen molar-refractivity contribution in [2.75, 3.05) is 6.54 Å². The highest BCUT2D eigenvalue weighted by atomic mass is 16.5. The zero-order valence-electron chi connectivity index (χ0n) is 8.12. The van der Waals surface area contributed by atoms with E-state index in [2.05, 4.69) is 15.5 Å². The molecule has 0 atom stereocenters. The molecule has 1 saturated carbocycles. The van der Waals surface area contributed by atoms with E-state index in [1.807, 2.05) is 0 Å². The van der Waals surface area contributed by atoms with Crippen LogP contribution in [0.2, 0.25) is 0 Å². The fraction of sp³-hybridized carbons (Fsp3) is 0.667. The fourth-order valence-corrected chi connectivity index (χ4v) is 1.22. The van der Waals surface area contributed by atoms with Gasteiger partial charge in [0.2, 0.25) is 11.8 Å². The van der Waals surface area contributed by atoms with Crippen LogP contribution in [0.25, 0.3) is 0 Å². The molecule has 1 aliphatic carbocycles. The van der Waals surface area contributed by atoms with E-state index in [1.54, 1.807) is 6.92 Å². The molecule has 0 aliphatic heterocycles. The van der Waals surface area contributed by atoms with Gasteiger partial charge in [0.25, 0.3) is 0 Å². The standard InChI is InChI=1S/C9H13N3O2/c1-6-11-8(14-12-6)4-5-10-9(13)7-2-3-7/h7H,2-5H2,1H3,(H,10,13). The molecule has 1 amide bonds. The van der Waals surface area contributed by atoms with Gasteiger partial charge in [-0.1, -0.05) is 5.16 Å². The molecule has 0 radical (unpaired) electrons. The second-order valence-electron chi connectivity index (χ2n) is 3.55. The molecule has 0 unspecified atom stereocenters. The van der Waals surface area contributed by atoms with Crippen LogP contribution in [-0.2, 0) is 11.2 Å². The van der Waals surface area contributed by atoms with E-state index in [9.17, 15) is 4.79 Å². The summed E-state index contributed by atoms with van der Waals surface area (Å²) in [6.07, 6.45) is 2.68. The van der Waals surface area contributed by atoms with Crippen LogP contribution in [0.1, 0.15) is 24.6 Å². The number of aromatic nitrogens is 2. The summed E-state index contributed by atoms with van der Waals surface area (Å²) in [4.78, 5) is 15.3. The molecule has 0 spiro atoms. The number of rotatable bonds is 4. The molecule has 1 fully saturated rings. The van der Waals surface area contributed by atoms with E-state index < -0.39 is 0 Å². The Kier molecular flexibility index (Phi) is 2.47. The van der Waals surface area contributed by atoms with Crippen molar-refractivity contribution >= 4 is 5.91 Å². The van der Waals surface area contributed by atoms with Gasteiger partial charge in [-0.3, -0.25) is 4.79 Å². The van der Waals surface area contributed by atoms with E-state index >= 15 is 0 Å². The first kappa shape index (κ1) is 9.18. The van der Waals surface area contributed by atoms with Crippen LogP contribution in [-0.4, -0.2) is 22.6 Å². The van der Waals surface area contributed by atoms with Gasteiger partial charge in [-0.15, -0.1) is 0 Å². The van der Waals surface area contributed by atoms with Gasteiger partial charge in [-0.05, 0) is 19.8 Å². The predicted octanol–water partition coefficient (Wildman–Crippen LogP) is 0.447. The van der Waals surface area contributed by atoms with Crippen molar-refractivity contribution in [2.24, 2.45) is 5.92 Å². The lowest BCUT2D eigenvalue weighted by molar-refractivity contribution is -0.122. The number of aryl methyl sites for hydroxylation is 1. The quantitative estimate of drug-likeness (QED) is 0.757. The molecular weight excluding hydrogens is 182 g/mol. The fourth-order valence-electron chi connectivity index (χ4n) is 1.22. The van der Waals surface area contributed by atoms with Crippen molar-refractivity contribution < 1.29 is 9.32 Å². The molecule has 0 saturated heterocycles. The average Bonchev–Trinajstić information content (AvgIpc) is 2.92. The Labute approximate surface area is 81.9 Å². The van der Waals surface area contributed by atoms with Gasteiger partial charge in [0.05, 0.1) is 0 Å². The Morgan fingerprint density at radius 3 is 3.00 bits per heavy atom. The minimum atomic E-state index is 0.154. The van der Waals surface area contributed by atoms with Gasteiger partial charge in [0.15, 0.2) is 5.82 Å². The first-order chi connectivity index (χ1) is 6.75. The van der Waals surface area contributed by atoms with Crippen molar-refractivity contribution in [3.8, 4) is 0 Å². The molecule has 2 rings (SSSR count). The van der Waals surface area contributed by atoms with Crippen molar-refractivity contribution in [3.63, 3.8) is 0 Å². The first-order valence-electron chi connectivity index (χ1n) is 4.82. The van der Waals surface area contributed by atoms with Crippen molar-refractivity contribution in [3.05, 3.63) is 11.7 Å². The smallest absolute Gasteiger partial charge is 0.228 e. The summed E-state index contributed by atoms with van der Waals surface area (Å²) >= 11 is 0. The predicted molar refractivity (Wildman–Crippen MR) is 48.5 cm³/mol. The molecule has 0 aromatic carbocycles. The Morgan fingerprint density at radius 1 is 1.64 bits per heavy atom. The second kappa shape index (κ2) is 3.77. The Bertz CT molecular complexity index is 331. The lowest BCUT2D eigenvalue weighted by Gasteiger charge is -2.00. The van der Waals surface area contributed by atoms with Crippen molar-refractivity contribution in [2.45, 2.75) is 26.2 Å². The maximum absolute atomic E-state index is 11.2. The minimum Gasteiger partial charge on any atom is -0.355 e. The lowest BCUT2D eigenvalue weighted by atomic mass is 10.3. The summed E-state index contributed by atoms with van der Waals surface area (Å²) in [6.45, 7) is 2.35. The van der Waals surface area contributed by atoms with Crippen LogP contribution in [0.3, 0.4) is 0 Å². The van der Waals surface area contributed by atoms with Gasteiger partial charge in [-0.25, -0.2) is 0 Å². The summed E-state index contributed by atoms with van der Waals surface area (Å²) in [5, 5.41) is 6.50. The van der Waals surface area contributed by atoms with Crippen molar-refractivity contribution in [1.29, 1.82) is 0 Å². The van der Waals surface area contributed by atoms with E-state index in [1.165, 1.54) is 0 Å². The molecule has 5 heteroatoms. The first-order valence-corrected chi connectivity index (χ1v) is 4.82. The van der Waals surface area contributed by atoms with Gasteiger partial charge >= 0.3 is 0 Å². The number of carbonyl (C=O) groups is 1. The SMILES string of the molecule is Cc1noc(CCNC(=O)C2CC2)n1. The topological polar surface area (TPSA) is 68.0 Å². The van der Waals surface area contributed by atoms with Crippen LogP contribution in [0.4, 0.5) is 0 Å². The number of hydrogen-bond acceptors (Lipinski definition) is 4. The average molecular weight is 195 g/mol. The summed E-state index contributed by atoms with van der Waals surface area (Å²) in [6, 6.07) is 0. The summed E-state index contributed by atoms with van der Waals surface area (Å²) in [7, 11) is 0. The summed E-state index contributed by atoms with van der Waals surface area (Å²) < 4.78 is 4.91. The van der Waals surface area contributed by atoms with Crippen LogP contribution in [0.15, 0.2) is 4.52 Å². The maximum atomic E-state index is 11.2. The number of amides is 1. The van der Waals surface area contributed by atoms with Gasteiger partial charge < -0.3 is 9.84 Å². The molecule has 1 aromatic rings. The number of nitrogens with one attached hydrogen (secondary N) is 1. The Balaban J connectivity index is 1.69. The van der Waals surface area contributed by atoms with Crippen LogP contribution < -0.4 is 5.32 Å². The number of nitrogens with zero attached hydrogens (tertiary/aromatic N) is 2. The van der Waals surface area contributed by atoms with E-state index in [0.29, 0.717) is 24.7 Å². The third kappa shape index (κ3) is 2.31. The number of hydrogen-bond donors (Lipinski definition) is 1. The van der Waals surface area contributed by atoms with Crippen molar-refractivity contribution in [1.82, 2.24) is 15.5 Å². The molecule has 1 aromatic heterocycles. The molecule has 0 bridgehead atoms. The largest absolute Gasteiger partial charge is 0.355 e. The maximum Gasteiger partial charge on any atom is 0.228 e. The molecule has 1 aliphatic rings. The lowest BCUT2D eigenvalue weighted by Crippen LogP contribution is -2.26. The molecule has 1 N–H and O–H groups in total. The second-order valence-corrected chi connectivity index (χ2v) is 3.55. The van der Waals surface area contributed by atoms with Crippen LogP contribution in [0.5, 0.6) is 0 Å².